The highest BCUT2D eigenvalue weighted by molar-refractivity contribution is 5.98. The lowest BCUT2D eigenvalue weighted by Crippen LogP contribution is -2.41. The molecule has 4 N–H and O–H groups in total. The van der Waals surface area contributed by atoms with Crippen LogP contribution in [-0.2, 0) is 4.74 Å². The van der Waals surface area contributed by atoms with Crippen molar-refractivity contribution in [2.75, 3.05) is 30.3 Å². The molecule has 1 aromatic rings. The minimum absolute atomic E-state index is 0.184. The molecule has 1 saturated heterocycles. The molecule has 0 bridgehead atoms. The quantitative estimate of drug-likeness (QED) is 0.842. The molecular weight excluding hydrogens is 256 g/mol. The number of piperidine rings is 1. The number of nitrogens with zero attached hydrogens (tertiary/aromatic N) is 2. The first-order valence-corrected chi connectivity index (χ1v) is 7.03. The summed E-state index contributed by atoms with van der Waals surface area (Å²) in [4.78, 5) is 17.9. The Morgan fingerprint density at radius 2 is 2.40 bits per heavy atom. The normalized spacial score (nSPS) is 19.1. The summed E-state index contributed by atoms with van der Waals surface area (Å²) in [5.74, 6) is 0.105. The maximum atomic E-state index is 11.5. The maximum absolute atomic E-state index is 11.5. The summed E-state index contributed by atoms with van der Waals surface area (Å²) < 4.78 is 5.80. The van der Waals surface area contributed by atoms with Gasteiger partial charge in [-0.3, -0.25) is 4.79 Å². The van der Waals surface area contributed by atoms with Crippen molar-refractivity contribution in [2.45, 2.75) is 32.3 Å². The summed E-state index contributed by atoms with van der Waals surface area (Å²) in [7, 11) is 0. The first-order valence-electron chi connectivity index (χ1n) is 7.03. The standard InChI is InChI=1S/C14H22N4O2/c1-2-6-20-11-4-3-5-18(9-11)14-12(13(16)19)7-10(15)8-17-14/h7-8,11H,2-6,9,15H2,1H3,(H2,16,19). The van der Waals surface area contributed by atoms with Crippen LogP contribution in [0.25, 0.3) is 0 Å². The van der Waals surface area contributed by atoms with Gasteiger partial charge in [-0.15, -0.1) is 0 Å². The van der Waals surface area contributed by atoms with E-state index in [0.717, 1.165) is 39.0 Å². The minimum atomic E-state index is -0.503. The van der Waals surface area contributed by atoms with Crippen LogP contribution in [0, 0.1) is 0 Å². The molecule has 0 aromatic carbocycles. The summed E-state index contributed by atoms with van der Waals surface area (Å²) in [6.45, 7) is 4.43. The SMILES string of the molecule is CCCOC1CCCN(c2ncc(N)cc2C(N)=O)C1. The number of hydrogen-bond acceptors (Lipinski definition) is 5. The van der Waals surface area contributed by atoms with Gasteiger partial charge >= 0.3 is 0 Å². The van der Waals surface area contributed by atoms with Gasteiger partial charge in [0.2, 0.25) is 0 Å². The zero-order chi connectivity index (χ0) is 14.5. The van der Waals surface area contributed by atoms with Crippen molar-refractivity contribution < 1.29 is 9.53 Å². The summed E-state index contributed by atoms with van der Waals surface area (Å²) in [5, 5.41) is 0. The van der Waals surface area contributed by atoms with Crippen molar-refractivity contribution in [2.24, 2.45) is 5.73 Å². The van der Waals surface area contributed by atoms with Crippen LogP contribution in [0.2, 0.25) is 0 Å². The predicted octanol–water partition coefficient (Wildman–Crippen LogP) is 1.16. The third-order valence-electron chi connectivity index (χ3n) is 3.39. The van der Waals surface area contributed by atoms with Gasteiger partial charge in [0.05, 0.1) is 23.6 Å². The molecule has 2 rings (SSSR count). The molecule has 1 aromatic heterocycles. The number of nitrogen functional groups attached to an aromatic ring is 1. The van der Waals surface area contributed by atoms with Crippen LogP contribution in [0.1, 0.15) is 36.5 Å². The Kier molecular flexibility index (Phi) is 4.79. The van der Waals surface area contributed by atoms with Gasteiger partial charge in [0.25, 0.3) is 5.91 Å². The number of amides is 1. The van der Waals surface area contributed by atoms with Gasteiger partial charge in [-0.25, -0.2) is 4.98 Å². The van der Waals surface area contributed by atoms with Crippen LogP contribution < -0.4 is 16.4 Å². The van der Waals surface area contributed by atoms with E-state index >= 15 is 0 Å². The molecule has 1 aliphatic heterocycles. The Morgan fingerprint density at radius 1 is 1.60 bits per heavy atom. The maximum Gasteiger partial charge on any atom is 0.252 e. The number of primary amides is 1. The number of ether oxygens (including phenoxy) is 1. The number of pyridine rings is 1. The molecule has 0 saturated carbocycles. The third-order valence-corrected chi connectivity index (χ3v) is 3.39. The molecule has 1 atom stereocenters. The fraction of sp³-hybridized carbons (Fsp3) is 0.571. The second kappa shape index (κ2) is 6.56. The second-order valence-corrected chi connectivity index (χ2v) is 5.09. The van der Waals surface area contributed by atoms with Crippen molar-refractivity contribution in [1.82, 2.24) is 4.98 Å². The topological polar surface area (TPSA) is 94.5 Å². The monoisotopic (exact) mass is 278 g/mol. The lowest BCUT2D eigenvalue weighted by atomic mass is 10.1. The molecule has 0 aliphatic carbocycles. The Morgan fingerprint density at radius 3 is 3.10 bits per heavy atom. The zero-order valence-electron chi connectivity index (χ0n) is 11.8. The van der Waals surface area contributed by atoms with Crippen molar-refractivity contribution in [1.29, 1.82) is 0 Å². The van der Waals surface area contributed by atoms with Crippen LogP contribution in [0.15, 0.2) is 12.3 Å². The number of anilines is 2. The first-order chi connectivity index (χ1) is 9.61. The van der Waals surface area contributed by atoms with E-state index in [4.69, 9.17) is 16.2 Å². The number of nitrogens with two attached hydrogens (primary N) is 2. The molecule has 1 aliphatic rings. The van der Waals surface area contributed by atoms with Crippen LogP contribution in [0.5, 0.6) is 0 Å². The number of carbonyl (C=O) groups is 1. The van der Waals surface area contributed by atoms with E-state index in [-0.39, 0.29) is 6.10 Å². The number of carbonyl (C=O) groups excluding carboxylic acids is 1. The van der Waals surface area contributed by atoms with Crippen LogP contribution in [0.3, 0.4) is 0 Å². The zero-order valence-corrected chi connectivity index (χ0v) is 11.8. The molecule has 2 heterocycles. The molecule has 6 nitrogen and oxygen atoms in total. The van der Waals surface area contributed by atoms with E-state index in [1.807, 2.05) is 0 Å². The van der Waals surface area contributed by atoms with E-state index in [0.29, 0.717) is 17.1 Å². The molecule has 1 fully saturated rings. The van der Waals surface area contributed by atoms with Gasteiger partial charge < -0.3 is 21.1 Å². The summed E-state index contributed by atoms with van der Waals surface area (Å²) >= 11 is 0. The second-order valence-electron chi connectivity index (χ2n) is 5.09. The number of rotatable bonds is 5. The van der Waals surface area contributed by atoms with Gasteiger partial charge in [0.15, 0.2) is 0 Å². The largest absolute Gasteiger partial charge is 0.397 e. The molecule has 1 amide bonds. The molecule has 1 unspecified atom stereocenters. The third kappa shape index (κ3) is 3.39. The van der Waals surface area contributed by atoms with Gasteiger partial charge in [0.1, 0.15) is 5.82 Å². The van der Waals surface area contributed by atoms with Gasteiger partial charge in [-0.2, -0.15) is 0 Å². The fourth-order valence-electron chi connectivity index (χ4n) is 2.46. The Hall–Kier alpha value is -1.82. The Labute approximate surface area is 119 Å². The van der Waals surface area contributed by atoms with Gasteiger partial charge in [-0.05, 0) is 25.3 Å². The van der Waals surface area contributed by atoms with Crippen molar-refractivity contribution in [3.8, 4) is 0 Å². The number of aromatic nitrogens is 1. The van der Waals surface area contributed by atoms with Gasteiger partial charge in [0, 0.05) is 19.7 Å². The van der Waals surface area contributed by atoms with Crippen molar-refractivity contribution >= 4 is 17.4 Å². The highest BCUT2D eigenvalue weighted by atomic mass is 16.5. The highest BCUT2D eigenvalue weighted by Gasteiger charge is 2.24. The summed E-state index contributed by atoms with van der Waals surface area (Å²) in [5.41, 5.74) is 11.9. The molecule has 0 spiro atoms. The van der Waals surface area contributed by atoms with E-state index in [1.165, 1.54) is 0 Å². The minimum Gasteiger partial charge on any atom is -0.397 e. The van der Waals surface area contributed by atoms with Crippen molar-refractivity contribution in [3.63, 3.8) is 0 Å². The van der Waals surface area contributed by atoms with E-state index in [9.17, 15) is 4.79 Å². The first kappa shape index (κ1) is 14.6. The smallest absolute Gasteiger partial charge is 0.252 e. The molecular formula is C14H22N4O2. The Bertz CT molecular complexity index is 478. The molecule has 6 heteroatoms. The lowest BCUT2D eigenvalue weighted by Gasteiger charge is -2.34. The Balaban J connectivity index is 2.16. The van der Waals surface area contributed by atoms with E-state index < -0.39 is 5.91 Å². The van der Waals surface area contributed by atoms with Crippen molar-refractivity contribution in [3.05, 3.63) is 17.8 Å². The average Bonchev–Trinajstić information content (AvgIpc) is 2.45. The van der Waals surface area contributed by atoms with E-state index in [2.05, 4.69) is 16.8 Å². The number of hydrogen-bond donors (Lipinski definition) is 2. The highest BCUT2D eigenvalue weighted by Crippen LogP contribution is 2.24. The van der Waals surface area contributed by atoms with Crippen LogP contribution >= 0.6 is 0 Å². The molecule has 20 heavy (non-hydrogen) atoms. The fourth-order valence-corrected chi connectivity index (χ4v) is 2.46. The van der Waals surface area contributed by atoms with Crippen LogP contribution in [0.4, 0.5) is 11.5 Å². The van der Waals surface area contributed by atoms with E-state index in [1.54, 1.807) is 12.3 Å². The summed E-state index contributed by atoms with van der Waals surface area (Å²) in [6, 6.07) is 1.58. The lowest BCUT2D eigenvalue weighted by molar-refractivity contribution is 0.0438. The van der Waals surface area contributed by atoms with Gasteiger partial charge in [-0.1, -0.05) is 6.92 Å². The molecule has 110 valence electrons. The van der Waals surface area contributed by atoms with Crippen LogP contribution in [-0.4, -0.2) is 36.7 Å². The summed E-state index contributed by atoms with van der Waals surface area (Å²) in [6.07, 6.45) is 4.79. The molecule has 0 radical (unpaired) electrons. The average molecular weight is 278 g/mol. The predicted molar refractivity (Wildman–Crippen MR) is 78.6 cm³/mol.